The maximum absolute atomic E-state index is 12.6. The average Bonchev–Trinajstić information content (AvgIpc) is 2.90. The Balaban J connectivity index is 1.75. The number of nitriles is 1. The highest BCUT2D eigenvalue weighted by molar-refractivity contribution is 5.81. The van der Waals surface area contributed by atoms with Crippen LogP contribution in [0.1, 0.15) is 116 Å². The molecule has 0 N–H and O–H groups in total. The third kappa shape index (κ3) is 10.5. The quantitative estimate of drug-likeness (QED) is 0.119. The molecule has 0 aliphatic heterocycles. The first-order chi connectivity index (χ1) is 17.5. The summed E-state index contributed by atoms with van der Waals surface area (Å²) in [6, 6.07) is 13.7. The van der Waals surface area contributed by atoms with Crippen molar-refractivity contribution >= 4 is 5.97 Å². The minimum atomic E-state index is -1.11. The molecule has 36 heavy (non-hydrogen) atoms. The maximum atomic E-state index is 12.6. The van der Waals surface area contributed by atoms with Crippen LogP contribution in [0.2, 0.25) is 0 Å². The van der Waals surface area contributed by atoms with Crippen molar-refractivity contribution in [3.8, 4) is 23.1 Å². The third-order valence-electron chi connectivity index (χ3n) is 6.98. The Hall–Kier alpha value is -2.67. The zero-order valence-electron chi connectivity index (χ0n) is 22.9. The van der Waals surface area contributed by atoms with Gasteiger partial charge in [0.1, 0.15) is 5.75 Å². The number of rotatable bonds is 18. The number of benzene rings is 1. The summed E-state index contributed by atoms with van der Waals surface area (Å²) in [6.07, 6.45) is 20.0. The topological polar surface area (TPSA) is 63.0 Å². The molecule has 0 amide bonds. The van der Waals surface area contributed by atoms with E-state index >= 15 is 0 Å². The number of aromatic nitrogens is 1. The Bertz CT molecular complexity index is 915. The first-order valence-electron chi connectivity index (χ1n) is 14.2. The molecule has 0 fully saturated rings. The SMILES string of the molecule is CCCCCCCCCCCCc1ccc(-c2ccc(OC(=O)C(C)(C#N)CCCCC)cc2)nc1. The van der Waals surface area contributed by atoms with E-state index in [0.717, 1.165) is 36.9 Å². The number of nitrogens with zero attached hydrogens (tertiary/aromatic N) is 2. The molecule has 1 heterocycles. The molecule has 0 aliphatic rings. The van der Waals surface area contributed by atoms with Crippen LogP contribution in [0.5, 0.6) is 5.75 Å². The molecule has 4 nitrogen and oxygen atoms in total. The van der Waals surface area contributed by atoms with Gasteiger partial charge >= 0.3 is 5.97 Å². The van der Waals surface area contributed by atoms with Gasteiger partial charge < -0.3 is 4.74 Å². The molecule has 0 saturated carbocycles. The van der Waals surface area contributed by atoms with Gasteiger partial charge in [0, 0.05) is 11.8 Å². The van der Waals surface area contributed by atoms with Gasteiger partial charge in [-0.2, -0.15) is 5.26 Å². The van der Waals surface area contributed by atoms with Crippen molar-refractivity contribution in [1.82, 2.24) is 4.98 Å². The minimum Gasteiger partial charge on any atom is -0.425 e. The van der Waals surface area contributed by atoms with Crippen LogP contribution < -0.4 is 4.74 Å². The molecule has 0 saturated heterocycles. The van der Waals surface area contributed by atoms with Gasteiger partial charge in [0.2, 0.25) is 0 Å². The van der Waals surface area contributed by atoms with Gasteiger partial charge in [-0.1, -0.05) is 97.0 Å². The van der Waals surface area contributed by atoms with E-state index in [2.05, 4.69) is 37.0 Å². The molecule has 1 aromatic heterocycles. The van der Waals surface area contributed by atoms with Crippen molar-refractivity contribution in [2.45, 2.75) is 117 Å². The fraction of sp³-hybridized carbons (Fsp3) is 0.594. The van der Waals surface area contributed by atoms with Crippen molar-refractivity contribution in [2.24, 2.45) is 5.41 Å². The summed E-state index contributed by atoms with van der Waals surface area (Å²) in [4.78, 5) is 17.3. The van der Waals surface area contributed by atoms with Crippen LogP contribution in [-0.2, 0) is 11.2 Å². The largest absolute Gasteiger partial charge is 0.425 e. The van der Waals surface area contributed by atoms with Crippen molar-refractivity contribution in [1.29, 1.82) is 5.26 Å². The van der Waals surface area contributed by atoms with Crippen molar-refractivity contribution in [3.63, 3.8) is 0 Å². The van der Waals surface area contributed by atoms with Crippen molar-refractivity contribution in [2.75, 3.05) is 0 Å². The zero-order chi connectivity index (χ0) is 26.1. The number of carbonyl (C=O) groups excluding carboxylic acids is 1. The van der Waals surface area contributed by atoms with E-state index in [1.165, 1.54) is 69.8 Å². The highest BCUT2D eigenvalue weighted by Crippen LogP contribution is 2.28. The van der Waals surface area contributed by atoms with E-state index < -0.39 is 11.4 Å². The molecule has 2 aromatic rings. The van der Waals surface area contributed by atoms with E-state index in [1.807, 2.05) is 18.3 Å². The zero-order valence-corrected chi connectivity index (χ0v) is 22.9. The highest BCUT2D eigenvalue weighted by Gasteiger charge is 2.35. The van der Waals surface area contributed by atoms with Gasteiger partial charge in [0.05, 0.1) is 11.8 Å². The second-order valence-electron chi connectivity index (χ2n) is 10.3. The Kier molecular flexibility index (Phi) is 13.9. The predicted molar refractivity (Wildman–Crippen MR) is 149 cm³/mol. The molecular formula is C32H46N2O2. The molecule has 4 heteroatoms. The van der Waals surface area contributed by atoms with Crippen LogP contribution in [0.25, 0.3) is 11.3 Å². The van der Waals surface area contributed by atoms with Gasteiger partial charge in [0.15, 0.2) is 5.41 Å². The maximum Gasteiger partial charge on any atom is 0.331 e. The normalized spacial score (nSPS) is 12.6. The van der Waals surface area contributed by atoms with Gasteiger partial charge in [-0.25, -0.2) is 4.79 Å². The van der Waals surface area contributed by atoms with E-state index in [4.69, 9.17) is 4.74 Å². The lowest BCUT2D eigenvalue weighted by atomic mass is 9.86. The fourth-order valence-corrected chi connectivity index (χ4v) is 4.41. The number of pyridine rings is 1. The van der Waals surface area contributed by atoms with E-state index in [1.54, 1.807) is 19.1 Å². The van der Waals surface area contributed by atoms with E-state index in [-0.39, 0.29) is 0 Å². The summed E-state index contributed by atoms with van der Waals surface area (Å²) in [5, 5.41) is 9.52. The van der Waals surface area contributed by atoms with Gasteiger partial charge in [-0.05, 0) is 62.1 Å². The Morgan fingerprint density at radius 3 is 1.97 bits per heavy atom. The summed E-state index contributed by atoms with van der Waals surface area (Å²) < 4.78 is 5.53. The highest BCUT2D eigenvalue weighted by atomic mass is 16.5. The molecule has 0 radical (unpaired) electrons. The number of esters is 1. The minimum absolute atomic E-state index is 0.457. The van der Waals surface area contributed by atoms with Crippen LogP contribution in [-0.4, -0.2) is 11.0 Å². The monoisotopic (exact) mass is 490 g/mol. The van der Waals surface area contributed by atoms with Crippen LogP contribution in [0.15, 0.2) is 42.6 Å². The molecule has 0 spiro atoms. The summed E-state index contributed by atoms with van der Waals surface area (Å²) in [7, 11) is 0. The van der Waals surface area contributed by atoms with Crippen LogP contribution in [0, 0.1) is 16.7 Å². The first kappa shape index (κ1) is 29.6. The lowest BCUT2D eigenvalue weighted by molar-refractivity contribution is -0.142. The molecule has 2 rings (SSSR count). The standard InChI is InChI=1S/C32H46N2O2/c1-4-6-8-9-10-11-12-13-14-15-17-27-18-23-30(34-25-27)28-19-21-29(22-20-28)36-31(35)32(3,26-33)24-16-7-5-2/h18-23,25H,4-17,24H2,1-3H3. The smallest absolute Gasteiger partial charge is 0.331 e. The number of carbonyl (C=O) groups is 1. The Morgan fingerprint density at radius 2 is 1.42 bits per heavy atom. The van der Waals surface area contributed by atoms with Crippen LogP contribution in [0.4, 0.5) is 0 Å². The van der Waals surface area contributed by atoms with Gasteiger partial charge in [-0.3, -0.25) is 4.98 Å². The molecule has 1 unspecified atom stereocenters. The molecule has 0 bridgehead atoms. The second kappa shape index (κ2) is 16.9. The summed E-state index contributed by atoms with van der Waals surface area (Å²) in [5.41, 5.74) is 2.05. The fourth-order valence-electron chi connectivity index (χ4n) is 4.41. The molecule has 1 aromatic carbocycles. The lowest BCUT2D eigenvalue weighted by Crippen LogP contribution is -2.30. The molecule has 196 valence electrons. The second-order valence-corrected chi connectivity index (χ2v) is 10.3. The number of hydrogen-bond donors (Lipinski definition) is 0. The number of hydrogen-bond acceptors (Lipinski definition) is 4. The van der Waals surface area contributed by atoms with Crippen molar-refractivity contribution < 1.29 is 9.53 Å². The van der Waals surface area contributed by atoms with Gasteiger partial charge in [0.25, 0.3) is 0 Å². The predicted octanol–water partition coefficient (Wildman–Crippen LogP) is 9.23. The van der Waals surface area contributed by atoms with Crippen LogP contribution in [0.3, 0.4) is 0 Å². The van der Waals surface area contributed by atoms with E-state index in [9.17, 15) is 10.1 Å². The molecule has 0 aliphatic carbocycles. The van der Waals surface area contributed by atoms with Crippen LogP contribution >= 0.6 is 0 Å². The lowest BCUT2D eigenvalue weighted by Gasteiger charge is -2.19. The number of ether oxygens (including phenoxy) is 1. The number of unbranched alkanes of at least 4 members (excludes halogenated alkanes) is 11. The van der Waals surface area contributed by atoms with Gasteiger partial charge in [-0.15, -0.1) is 0 Å². The third-order valence-corrected chi connectivity index (χ3v) is 6.98. The number of aryl methyl sites for hydroxylation is 1. The summed E-state index contributed by atoms with van der Waals surface area (Å²) in [6.45, 7) is 6.04. The Morgan fingerprint density at radius 1 is 0.833 bits per heavy atom. The first-order valence-corrected chi connectivity index (χ1v) is 14.2. The van der Waals surface area contributed by atoms with E-state index in [0.29, 0.717) is 12.2 Å². The van der Waals surface area contributed by atoms with Crippen molar-refractivity contribution in [3.05, 3.63) is 48.2 Å². The molecule has 1 atom stereocenters. The summed E-state index contributed by atoms with van der Waals surface area (Å²) >= 11 is 0. The summed E-state index contributed by atoms with van der Waals surface area (Å²) in [5.74, 6) is -0.0263. The Labute approximate surface area is 219 Å². The average molecular weight is 491 g/mol. The molecular weight excluding hydrogens is 444 g/mol.